The fourth-order valence-electron chi connectivity index (χ4n) is 2.54. The van der Waals surface area contributed by atoms with Crippen LogP contribution in [-0.4, -0.2) is 27.1 Å². The Labute approximate surface area is 149 Å². The first-order valence-corrected chi connectivity index (χ1v) is 10.1. The highest BCUT2D eigenvalue weighted by Gasteiger charge is 2.10. The molecule has 25 heavy (non-hydrogen) atoms. The van der Waals surface area contributed by atoms with Gasteiger partial charge in [-0.3, -0.25) is 9.52 Å². The average Bonchev–Trinajstić information content (AvgIpc) is 2.52. The fourth-order valence-corrected chi connectivity index (χ4v) is 3.16. The predicted molar refractivity (Wildman–Crippen MR) is 101 cm³/mol. The highest BCUT2D eigenvalue weighted by molar-refractivity contribution is 7.92. The third-order valence-electron chi connectivity index (χ3n) is 3.81. The molecule has 0 heterocycles. The standard InChI is InChI=1S/C19H24N2O3S/c1-14-6-4-7-16(12-14)8-5-11-20-19(22)17-10-9-15(2)18(13-17)21-25(3,23)24/h4,6-7,9-10,12-13,21H,5,8,11H2,1-3H3,(H,20,22). The second kappa shape index (κ2) is 8.16. The van der Waals surface area contributed by atoms with Crippen LogP contribution in [0.4, 0.5) is 5.69 Å². The van der Waals surface area contributed by atoms with Crippen molar-refractivity contribution >= 4 is 21.6 Å². The van der Waals surface area contributed by atoms with Crippen molar-refractivity contribution in [3.63, 3.8) is 0 Å². The summed E-state index contributed by atoms with van der Waals surface area (Å²) in [4.78, 5) is 12.3. The Morgan fingerprint density at radius 2 is 1.84 bits per heavy atom. The van der Waals surface area contributed by atoms with Crippen LogP contribution in [0.2, 0.25) is 0 Å². The first-order chi connectivity index (χ1) is 11.7. The zero-order valence-corrected chi connectivity index (χ0v) is 15.6. The molecule has 2 rings (SSSR count). The van der Waals surface area contributed by atoms with Gasteiger partial charge in [0.25, 0.3) is 5.91 Å². The molecule has 6 heteroatoms. The molecule has 0 fully saturated rings. The van der Waals surface area contributed by atoms with Crippen LogP contribution < -0.4 is 10.0 Å². The molecule has 2 aromatic carbocycles. The van der Waals surface area contributed by atoms with E-state index in [2.05, 4.69) is 35.2 Å². The van der Waals surface area contributed by atoms with Gasteiger partial charge < -0.3 is 5.32 Å². The van der Waals surface area contributed by atoms with Crippen LogP contribution in [-0.2, 0) is 16.4 Å². The van der Waals surface area contributed by atoms with Crippen LogP contribution in [0.25, 0.3) is 0 Å². The molecule has 5 nitrogen and oxygen atoms in total. The molecule has 0 radical (unpaired) electrons. The summed E-state index contributed by atoms with van der Waals surface area (Å²) in [7, 11) is -3.38. The van der Waals surface area contributed by atoms with Crippen molar-refractivity contribution in [1.29, 1.82) is 0 Å². The molecule has 0 aliphatic rings. The molecule has 0 aromatic heterocycles. The van der Waals surface area contributed by atoms with E-state index >= 15 is 0 Å². The Morgan fingerprint density at radius 1 is 1.08 bits per heavy atom. The normalized spacial score (nSPS) is 11.2. The zero-order valence-electron chi connectivity index (χ0n) is 14.8. The molecule has 0 saturated carbocycles. The van der Waals surface area contributed by atoms with Crippen LogP contribution in [0, 0.1) is 13.8 Å². The van der Waals surface area contributed by atoms with Crippen LogP contribution in [0.15, 0.2) is 42.5 Å². The summed E-state index contributed by atoms with van der Waals surface area (Å²) in [6, 6.07) is 13.3. The fraction of sp³-hybridized carbons (Fsp3) is 0.316. The van der Waals surface area contributed by atoms with Gasteiger partial charge in [0.05, 0.1) is 11.9 Å². The second-order valence-electron chi connectivity index (χ2n) is 6.25. The SMILES string of the molecule is Cc1cccc(CCCNC(=O)c2ccc(C)c(NS(C)(=O)=O)c2)c1. The molecule has 2 N–H and O–H groups in total. The Hall–Kier alpha value is -2.34. The molecule has 0 atom stereocenters. The minimum Gasteiger partial charge on any atom is -0.352 e. The molecule has 0 saturated heterocycles. The molecule has 0 unspecified atom stereocenters. The summed E-state index contributed by atoms with van der Waals surface area (Å²) in [5.74, 6) is -0.208. The average molecular weight is 360 g/mol. The van der Waals surface area contributed by atoms with Gasteiger partial charge >= 0.3 is 0 Å². The van der Waals surface area contributed by atoms with Gasteiger partial charge in [-0.15, -0.1) is 0 Å². The van der Waals surface area contributed by atoms with Gasteiger partial charge in [0, 0.05) is 12.1 Å². The van der Waals surface area contributed by atoms with E-state index in [0.717, 1.165) is 24.7 Å². The topological polar surface area (TPSA) is 75.3 Å². The highest BCUT2D eigenvalue weighted by Crippen LogP contribution is 2.18. The first-order valence-electron chi connectivity index (χ1n) is 8.17. The van der Waals surface area contributed by atoms with Crippen molar-refractivity contribution in [2.45, 2.75) is 26.7 Å². The number of hydrogen-bond donors (Lipinski definition) is 2. The number of hydrogen-bond acceptors (Lipinski definition) is 3. The van der Waals surface area contributed by atoms with Gasteiger partial charge in [0.1, 0.15) is 0 Å². The number of aryl methyl sites for hydroxylation is 3. The molecule has 1 amide bonds. The quantitative estimate of drug-likeness (QED) is 0.745. The molecule has 134 valence electrons. The Balaban J connectivity index is 1.91. The van der Waals surface area contributed by atoms with Crippen molar-refractivity contribution in [2.75, 3.05) is 17.5 Å². The van der Waals surface area contributed by atoms with Gasteiger partial charge in [-0.1, -0.05) is 35.9 Å². The number of carbonyl (C=O) groups is 1. The number of amides is 1. The Bertz CT molecular complexity index is 861. The van der Waals surface area contributed by atoms with Crippen molar-refractivity contribution in [1.82, 2.24) is 5.32 Å². The van der Waals surface area contributed by atoms with Crippen LogP contribution >= 0.6 is 0 Å². The van der Waals surface area contributed by atoms with E-state index in [-0.39, 0.29) is 5.91 Å². The van der Waals surface area contributed by atoms with Gasteiger partial charge in [0.2, 0.25) is 10.0 Å². The van der Waals surface area contributed by atoms with Crippen molar-refractivity contribution in [3.8, 4) is 0 Å². The minimum absolute atomic E-state index is 0.208. The van der Waals surface area contributed by atoms with Crippen molar-refractivity contribution < 1.29 is 13.2 Å². The van der Waals surface area contributed by atoms with Crippen molar-refractivity contribution in [2.24, 2.45) is 0 Å². The highest BCUT2D eigenvalue weighted by atomic mass is 32.2. The first kappa shape index (κ1) is 19.0. The maximum Gasteiger partial charge on any atom is 0.251 e. The number of carbonyl (C=O) groups excluding carboxylic acids is 1. The third-order valence-corrected chi connectivity index (χ3v) is 4.40. The van der Waals surface area contributed by atoms with E-state index in [1.807, 2.05) is 6.07 Å². The van der Waals surface area contributed by atoms with Gasteiger partial charge in [-0.2, -0.15) is 0 Å². The number of nitrogens with one attached hydrogen (secondary N) is 2. The lowest BCUT2D eigenvalue weighted by molar-refractivity contribution is 0.0953. The van der Waals surface area contributed by atoms with E-state index < -0.39 is 10.0 Å². The lowest BCUT2D eigenvalue weighted by Gasteiger charge is -2.10. The lowest BCUT2D eigenvalue weighted by atomic mass is 10.1. The van der Waals surface area contributed by atoms with Crippen LogP contribution in [0.1, 0.15) is 33.5 Å². The van der Waals surface area contributed by atoms with Crippen molar-refractivity contribution in [3.05, 3.63) is 64.7 Å². The summed E-state index contributed by atoms with van der Waals surface area (Å²) >= 11 is 0. The molecular formula is C19H24N2O3S. The Kier molecular flexibility index (Phi) is 6.20. The predicted octanol–water partition coefficient (Wildman–Crippen LogP) is 3.04. The van der Waals surface area contributed by atoms with Crippen LogP contribution in [0.3, 0.4) is 0 Å². The molecular weight excluding hydrogens is 336 g/mol. The number of anilines is 1. The molecule has 0 aliphatic carbocycles. The lowest BCUT2D eigenvalue weighted by Crippen LogP contribution is -2.25. The summed E-state index contributed by atoms with van der Waals surface area (Å²) in [6.07, 6.45) is 2.83. The Morgan fingerprint density at radius 3 is 2.52 bits per heavy atom. The second-order valence-corrected chi connectivity index (χ2v) is 8.00. The molecule has 2 aromatic rings. The van der Waals surface area contributed by atoms with Gasteiger partial charge in [-0.25, -0.2) is 8.42 Å². The summed E-state index contributed by atoms with van der Waals surface area (Å²) in [5.41, 5.74) is 4.11. The molecule has 0 bridgehead atoms. The summed E-state index contributed by atoms with van der Waals surface area (Å²) < 4.78 is 25.2. The zero-order chi connectivity index (χ0) is 18.4. The van der Waals surface area contributed by atoms with E-state index in [4.69, 9.17) is 0 Å². The van der Waals surface area contributed by atoms with E-state index in [9.17, 15) is 13.2 Å². The van der Waals surface area contributed by atoms with Crippen LogP contribution in [0.5, 0.6) is 0 Å². The minimum atomic E-state index is -3.38. The van der Waals surface area contributed by atoms with E-state index in [1.165, 1.54) is 11.1 Å². The van der Waals surface area contributed by atoms with Gasteiger partial charge in [0.15, 0.2) is 0 Å². The summed E-state index contributed by atoms with van der Waals surface area (Å²) in [5, 5.41) is 2.88. The number of rotatable bonds is 7. The third kappa shape index (κ3) is 6.23. The summed E-state index contributed by atoms with van der Waals surface area (Å²) in [6.45, 7) is 4.41. The molecule has 0 spiro atoms. The number of sulfonamides is 1. The largest absolute Gasteiger partial charge is 0.352 e. The maximum atomic E-state index is 12.3. The number of benzene rings is 2. The van der Waals surface area contributed by atoms with E-state index in [1.54, 1.807) is 25.1 Å². The smallest absolute Gasteiger partial charge is 0.251 e. The maximum absolute atomic E-state index is 12.3. The molecule has 0 aliphatic heterocycles. The van der Waals surface area contributed by atoms with E-state index in [0.29, 0.717) is 17.8 Å². The monoisotopic (exact) mass is 360 g/mol. The van der Waals surface area contributed by atoms with Gasteiger partial charge in [-0.05, 0) is 49.9 Å².